The second kappa shape index (κ2) is 11.4. The van der Waals surface area contributed by atoms with Crippen LogP contribution >= 0.6 is 0 Å². The first-order valence-electron chi connectivity index (χ1n) is 13.5. The Balaban J connectivity index is 1.56. The first-order chi connectivity index (χ1) is 16.5. The smallest absolute Gasteiger partial charge is 0.326 e. The van der Waals surface area contributed by atoms with Gasteiger partial charge in [-0.1, -0.05) is 71.6 Å². The lowest BCUT2D eigenvalue weighted by Gasteiger charge is -2.25. The standard InChI is InChI=1S/C28H41N3O3/c1-3-22(4-2)31-25-15-14-21(18-23(25)29-26(31)17-20-12-8-9-13-20)27(32)30-24(28(33)34)16-19-10-6-5-7-11-19/h14-15,18-20,22,24H,3-13,16-17H2,1-2H3,(H,30,32)(H,33,34)/t24-/m1/s1. The summed E-state index contributed by atoms with van der Waals surface area (Å²) in [6.45, 7) is 4.44. The van der Waals surface area contributed by atoms with E-state index in [4.69, 9.17) is 4.98 Å². The van der Waals surface area contributed by atoms with Gasteiger partial charge in [0, 0.05) is 18.0 Å². The Morgan fingerprint density at radius 1 is 1.03 bits per heavy atom. The van der Waals surface area contributed by atoms with E-state index in [-0.39, 0.29) is 5.91 Å². The van der Waals surface area contributed by atoms with Gasteiger partial charge in [0.25, 0.3) is 5.91 Å². The largest absolute Gasteiger partial charge is 0.480 e. The molecule has 1 heterocycles. The predicted molar refractivity (Wildman–Crippen MR) is 135 cm³/mol. The van der Waals surface area contributed by atoms with E-state index in [1.807, 2.05) is 18.2 Å². The number of amides is 1. The number of benzene rings is 1. The molecule has 0 spiro atoms. The molecule has 4 rings (SSSR count). The van der Waals surface area contributed by atoms with Crippen molar-refractivity contribution in [3.63, 3.8) is 0 Å². The average Bonchev–Trinajstić information content (AvgIpc) is 3.48. The summed E-state index contributed by atoms with van der Waals surface area (Å²) in [4.78, 5) is 29.9. The Kier molecular flexibility index (Phi) is 8.28. The van der Waals surface area contributed by atoms with Gasteiger partial charge in [-0.15, -0.1) is 0 Å². The van der Waals surface area contributed by atoms with Crippen LogP contribution in [0.25, 0.3) is 11.0 Å². The number of aromatic nitrogens is 2. The van der Waals surface area contributed by atoms with Gasteiger partial charge in [0.05, 0.1) is 11.0 Å². The molecule has 6 nitrogen and oxygen atoms in total. The van der Waals surface area contributed by atoms with Crippen molar-refractivity contribution in [3.05, 3.63) is 29.6 Å². The number of carbonyl (C=O) groups is 2. The van der Waals surface area contributed by atoms with Crippen LogP contribution in [0.5, 0.6) is 0 Å². The maximum Gasteiger partial charge on any atom is 0.326 e. The molecule has 6 heteroatoms. The highest BCUT2D eigenvalue weighted by Gasteiger charge is 2.27. The summed E-state index contributed by atoms with van der Waals surface area (Å²) in [5, 5.41) is 12.5. The van der Waals surface area contributed by atoms with Crippen LogP contribution in [0.4, 0.5) is 0 Å². The van der Waals surface area contributed by atoms with Gasteiger partial charge in [-0.25, -0.2) is 9.78 Å². The van der Waals surface area contributed by atoms with E-state index in [0.29, 0.717) is 29.9 Å². The Labute approximate surface area is 203 Å². The number of imidazole rings is 1. The number of nitrogens with zero attached hydrogens (tertiary/aromatic N) is 2. The zero-order valence-electron chi connectivity index (χ0n) is 20.9. The normalized spacial score (nSPS) is 18.6. The van der Waals surface area contributed by atoms with Crippen molar-refractivity contribution in [3.8, 4) is 0 Å². The van der Waals surface area contributed by atoms with Crippen LogP contribution in [0, 0.1) is 11.8 Å². The first kappa shape index (κ1) is 24.7. The highest BCUT2D eigenvalue weighted by atomic mass is 16.4. The minimum absolute atomic E-state index is 0.320. The van der Waals surface area contributed by atoms with Crippen molar-refractivity contribution >= 4 is 22.9 Å². The third-order valence-electron chi connectivity index (χ3n) is 8.18. The SMILES string of the molecule is CCC(CC)n1c(CC2CCCC2)nc2cc(C(=O)N[C@H](CC3CCCCC3)C(=O)O)ccc21. The Morgan fingerprint density at radius 3 is 2.32 bits per heavy atom. The highest BCUT2D eigenvalue weighted by Crippen LogP contribution is 2.32. The summed E-state index contributed by atoms with van der Waals surface area (Å²) < 4.78 is 2.40. The number of hydrogen-bond donors (Lipinski definition) is 2. The monoisotopic (exact) mass is 467 g/mol. The molecule has 1 amide bonds. The number of rotatable bonds is 10. The molecule has 186 valence electrons. The summed E-state index contributed by atoms with van der Waals surface area (Å²) in [5.74, 6) is 0.945. The molecule has 2 aliphatic rings. The number of carboxylic acid groups (broad SMARTS) is 1. The van der Waals surface area contributed by atoms with E-state index < -0.39 is 12.0 Å². The maximum atomic E-state index is 13.1. The van der Waals surface area contributed by atoms with E-state index in [0.717, 1.165) is 61.8 Å². The first-order valence-corrected chi connectivity index (χ1v) is 13.5. The number of carboxylic acids is 1. The summed E-state index contributed by atoms with van der Waals surface area (Å²) >= 11 is 0. The summed E-state index contributed by atoms with van der Waals surface area (Å²) in [6, 6.07) is 5.24. The molecule has 1 aromatic carbocycles. The summed E-state index contributed by atoms with van der Waals surface area (Å²) in [5.41, 5.74) is 2.41. The van der Waals surface area contributed by atoms with Crippen molar-refractivity contribution in [1.29, 1.82) is 0 Å². The van der Waals surface area contributed by atoms with Crippen LogP contribution < -0.4 is 5.32 Å². The molecular weight excluding hydrogens is 426 g/mol. The molecule has 0 saturated heterocycles. The predicted octanol–water partition coefficient (Wildman–Crippen LogP) is 6.28. The number of hydrogen-bond acceptors (Lipinski definition) is 3. The summed E-state index contributed by atoms with van der Waals surface area (Å²) in [7, 11) is 0. The molecule has 2 aliphatic carbocycles. The fourth-order valence-corrected chi connectivity index (χ4v) is 6.19. The van der Waals surface area contributed by atoms with Gasteiger partial charge in [0.2, 0.25) is 0 Å². The maximum absolute atomic E-state index is 13.1. The molecule has 2 saturated carbocycles. The van der Waals surface area contributed by atoms with Gasteiger partial charge >= 0.3 is 5.97 Å². The molecule has 2 fully saturated rings. The van der Waals surface area contributed by atoms with Crippen molar-refractivity contribution < 1.29 is 14.7 Å². The molecule has 2 aromatic rings. The van der Waals surface area contributed by atoms with E-state index in [1.165, 1.54) is 32.1 Å². The molecule has 1 aromatic heterocycles. The molecule has 1 atom stereocenters. The van der Waals surface area contributed by atoms with Crippen LogP contribution in [0.1, 0.15) is 113 Å². The summed E-state index contributed by atoms with van der Waals surface area (Å²) in [6.07, 6.45) is 14.4. The van der Waals surface area contributed by atoms with Gasteiger partial charge in [-0.3, -0.25) is 4.79 Å². The van der Waals surface area contributed by atoms with E-state index >= 15 is 0 Å². The molecule has 2 N–H and O–H groups in total. The fourth-order valence-electron chi connectivity index (χ4n) is 6.19. The Morgan fingerprint density at radius 2 is 1.68 bits per heavy atom. The van der Waals surface area contributed by atoms with Gasteiger partial charge in [0.15, 0.2) is 0 Å². The van der Waals surface area contributed by atoms with Crippen LogP contribution in [-0.4, -0.2) is 32.6 Å². The van der Waals surface area contributed by atoms with Gasteiger partial charge in [0.1, 0.15) is 11.9 Å². The molecule has 0 radical (unpaired) electrons. The lowest BCUT2D eigenvalue weighted by molar-refractivity contribution is -0.139. The lowest BCUT2D eigenvalue weighted by atomic mass is 9.85. The second-order valence-electron chi connectivity index (χ2n) is 10.5. The van der Waals surface area contributed by atoms with Gasteiger partial charge in [-0.2, -0.15) is 0 Å². The number of fused-ring (bicyclic) bond motifs is 1. The average molecular weight is 468 g/mol. The topological polar surface area (TPSA) is 84.2 Å². The molecule has 0 bridgehead atoms. The number of carbonyl (C=O) groups excluding carboxylic acids is 1. The zero-order chi connectivity index (χ0) is 24.1. The molecular formula is C28H41N3O3. The molecule has 34 heavy (non-hydrogen) atoms. The fraction of sp³-hybridized carbons (Fsp3) is 0.679. The van der Waals surface area contributed by atoms with Crippen LogP contribution in [0.3, 0.4) is 0 Å². The van der Waals surface area contributed by atoms with Crippen LogP contribution in [0.2, 0.25) is 0 Å². The van der Waals surface area contributed by atoms with Crippen molar-refractivity contribution in [1.82, 2.24) is 14.9 Å². The molecule has 0 aliphatic heterocycles. The lowest BCUT2D eigenvalue weighted by Crippen LogP contribution is -2.42. The van der Waals surface area contributed by atoms with Crippen molar-refractivity contribution in [2.24, 2.45) is 11.8 Å². The number of nitrogens with one attached hydrogen (secondary N) is 1. The van der Waals surface area contributed by atoms with E-state index in [9.17, 15) is 14.7 Å². The Bertz CT molecular complexity index is 982. The van der Waals surface area contributed by atoms with E-state index in [1.54, 1.807) is 0 Å². The highest BCUT2D eigenvalue weighted by molar-refractivity contribution is 5.99. The van der Waals surface area contributed by atoms with Crippen molar-refractivity contribution in [2.45, 2.75) is 109 Å². The second-order valence-corrected chi connectivity index (χ2v) is 10.5. The van der Waals surface area contributed by atoms with Crippen LogP contribution in [0.15, 0.2) is 18.2 Å². The minimum Gasteiger partial charge on any atom is -0.480 e. The van der Waals surface area contributed by atoms with Crippen LogP contribution in [-0.2, 0) is 11.2 Å². The quantitative estimate of drug-likeness (QED) is 0.430. The van der Waals surface area contributed by atoms with Crippen molar-refractivity contribution in [2.75, 3.05) is 0 Å². The molecule has 0 unspecified atom stereocenters. The van der Waals surface area contributed by atoms with E-state index in [2.05, 4.69) is 23.7 Å². The Hall–Kier alpha value is -2.37. The van der Waals surface area contributed by atoms with Gasteiger partial charge < -0.3 is 15.0 Å². The third kappa shape index (κ3) is 5.64. The third-order valence-corrected chi connectivity index (χ3v) is 8.18. The number of aliphatic carboxylic acids is 1. The van der Waals surface area contributed by atoms with Gasteiger partial charge in [-0.05, 0) is 49.3 Å². The zero-order valence-corrected chi connectivity index (χ0v) is 20.9. The minimum atomic E-state index is -0.947.